The molecule has 0 radical (unpaired) electrons. The van der Waals surface area contributed by atoms with E-state index in [1.165, 1.54) is 32.1 Å². The summed E-state index contributed by atoms with van der Waals surface area (Å²) in [5.41, 5.74) is 0. The van der Waals surface area contributed by atoms with E-state index in [4.69, 9.17) is 4.74 Å². The summed E-state index contributed by atoms with van der Waals surface area (Å²) in [5.74, 6) is 0.865. The van der Waals surface area contributed by atoms with Crippen LogP contribution >= 0.6 is 0 Å². The van der Waals surface area contributed by atoms with Gasteiger partial charge in [0.25, 0.3) is 0 Å². The van der Waals surface area contributed by atoms with Crippen molar-refractivity contribution in [2.24, 2.45) is 5.92 Å². The van der Waals surface area contributed by atoms with Gasteiger partial charge in [0.05, 0.1) is 12.2 Å². The quantitative estimate of drug-likeness (QED) is 0.673. The molecule has 0 aromatic heterocycles. The first-order chi connectivity index (χ1) is 7.72. The Labute approximate surface area is 101 Å². The normalized spacial score (nSPS) is 27.9. The fourth-order valence-electron chi connectivity index (χ4n) is 2.51. The molecule has 3 atom stereocenters. The number of ether oxygens (including phenoxy) is 1. The average molecular weight is 227 g/mol. The van der Waals surface area contributed by atoms with Crippen molar-refractivity contribution in [3.8, 4) is 0 Å². The monoisotopic (exact) mass is 227 g/mol. The Balaban J connectivity index is 2.06. The number of nitrogens with one attached hydrogen (secondary N) is 1. The van der Waals surface area contributed by atoms with Crippen LogP contribution in [0, 0.1) is 5.92 Å². The molecule has 1 aliphatic rings. The van der Waals surface area contributed by atoms with Gasteiger partial charge in [-0.25, -0.2) is 0 Å². The minimum Gasteiger partial charge on any atom is -0.375 e. The van der Waals surface area contributed by atoms with Crippen molar-refractivity contribution in [2.75, 3.05) is 13.1 Å². The summed E-state index contributed by atoms with van der Waals surface area (Å²) in [5, 5.41) is 3.43. The van der Waals surface area contributed by atoms with E-state index in [1.807, 2.05) is 0 Å². The summed E-state index contributed by atoms with van der Waals surface area (Å²) in [7, 11) is 0. The lowest BCUT2D eigenvalue weighted by molar-refractivity contribution is -0.0330. The first-order valence-corrected chi connectivity index (χ1v) is 7.08. The lowest BCUT2D eigenvalue weighted by atomic mass is 9.88. The van der Waals surface area contributed by atoms with Gasteiger partial charge in [-0.1, -0.05) is 26.7 Å². The van der Waals surface area contributed by atoms with Crippen LogP contribution in [-0.4, -0.2) is 25.3 Å². The minimum atomic E-state index is 0.416. The molecule has 1 N–H and O–H groups in total. The van der Waals surface area contributed by atoms with Crippen LogP contribution in [0.15, 0.2) is 0 Å². The number of rotatable bonds is 7. The maximum absolute atomic E-state index is 6.10. The zero-order valence-corrected chi connectivity index (χ0v) is 11.3. The van der Waals surface area contributed by atoms with Crippen LogP contribution in [0.4, 0.5) is 0 Å². The molecule has 0 aromatic carbocycles. The van der Waals surface area contributed by atoms with Gasteiger partial charge in [0, 0.05) is 0 Å². The SMILES string of the molecule is CCCNCCC(C)OC1CCCC(C)C1. The highest BCUT2D eigenvalue weighted by Crippen LogP contribution is 2.26. The van der Waals surface area contributed by atoms with Crippen molar-refractivity contribution in [3.05, 3.63) is 0 Å². The van der Waals surface area contributed by atoms with Crippen molar-refractivity contribution >= 4 is 0 Å². The molecule has 1 fully saturated rings. The lowest BCUT2D eigenvalue weighted by Crippen LogP contribution is -2.28. The van der Waals surface area contributed by atoms with Crippen LogP contribution in [0.25, 0.3) is 0 Å². The Bertz CT molecular complexity index is 172. The Morgan fingerprint density at radius 2 is 2.12 bits per heavy atom. The third kappa shape index (κ3) is 5.86. The highest BCUT2D eigenvalue weighted by atomic mass is 16.5. The van der Waals surface area contributed by atoms with Gasteiger partial charge >= 0.3 is 0 Å². The lowest BCUT2D eigenvalue weighted by Gasteiger charge is -2.29. The van der Waals surface area contributed by atoms with Crippen molar-refractivity contribution in [3.63, 3.8) is 0 Å². The van der Waals surface area contributed by atoms with E-state index in [2.05, 4.69) is 26.1 Å². The van der Waals surface area contributed by atoms with E-state index in [9.17, 15) is 0 Å². The van der Waals surface area contributed by atoms with Gasteiger partial charge in [-0.2, -0.15) is 0 Å². The van der Waals surface area contributed by atoms with Crippen LogP contribution in [-0.2, 0) is 4.74 Å². The fourth-order valence-corrected chi connectivity index (χ4v) is 2.51. The molecule has 1 aliphatic carbocycles. The first-order valence-electron chi connectivity index (χ1n) is 7.08. The van der Waals surface area contributed by atoms with Crippen LogP contribution in [0.2, 0.25) is 0 Å². The molecule has 1 saturated carbocycles. The molecule has 96 valence electrons. The molecule has 0 aromatic rings. The highest BCUT2D eigenvalue weighted by molar-refractivity contribution is 4.71. The molecule has 0 heterocycles. The Kier molecular flexibility index (Phi) is 7.06. The molecular formula is C14H29NO. The maximum atomic E-state index is 6.10. The Morgan fingerprint density at radius 3 is 2.81 bits per heavy atom. The van der Waals surface area contributed by atoms with E-state index in [0.717, 1.165) is 25.4 Å². The number of hydrogen-bond acceptors (Lipinski definition) is 2. The van der Waals surface area contributed by atoms with E-state index in [1.54, 1.807) is 0 Å². The molecule has 0 amide bonds. The second-order valence-electron chi connectivity index (χ2n) is 5.38. The van der Waals surface area contributed by atoms with E-state index < -0.39 is 0 Å². The van der Waals surface area contributed by atoms with Crippen molar-refractivity contribution in [1.82, 2.24) is 5.32 Å². The van der Waals surface area contributed by atoms with Crippen molar-refractivity contribution in [1.29, 1.82) is 0 Å². The second-order valence-corrected chi connectivity index (χ2v) is 5.38. The Hall–Kier alpha value is -0.0800. The first kappa shape index (κ1) is 14.0. The van der Waals surface area contributed by atoms with Crippen LogP contribution in [0.3, 0.4) is 0 Å². The second kappa shape index (κ2) is 8.08. The molecule has 0 aliphatic heterocycles. The number of hydrogen-bond donors (Lipinski definition) is 1. The molecule has 2 nitrogen and oxygen atoms in total. The molecule has 0 spiro atoms. The molecule has 1 rings (SSSR count). The standard InChI is InChI=1S/C14H29NO/c1-4-9-15-10-8-13(3)16-14-7-5-6-12(2)11-14/h12-15H,4-11H2,1-3H3. The molecule has 0 saturated heterocycles. The smallest absolute Gasteiger partial charge is 0.0581 e. The predicted octanol–water partition coefficient (Wildman–Crippen LogP) is 3.36. The van der Waals surface area contributed by atoms with E-state index >= 15 is 0 Å². The molecule has 16 heavy (non-hydrogen) atoms. The largest absolute Gasteiger partial charge is 0.375 e. The van der Waals surface area contributed by atoms with Gasteiger partial charge in [-0.15, -0.1) is 0 Å². The zero-order chi connectivity index (χ0) is 11.8. The summed E-state index contributed by atoms with van der Waals surface area (Å²) in [4.78, 5) is 0. The highest BCUT2D eigenvalue weighted by Gasteiger charge is 2.20. The average Bonchev–Trinajstić information content (AvgIpc) is 2.24. The van der Waals surface area contributed by atoms with Crippen molar-refractivity contribution in [2.45, 2.75) is 71.5 Å². The third-order valence-electron chi connectivity index (χ3n) is 3.47. The van der Waals surface area contributed by atoms with Gasteiger partial charge < -0.3 is 10.1 Å². The minimum absolute atomic E-state index is 0.416. The third-order valence-corrected chi connectivity index (χ3v) is 3.47. The van der Waals surface area contributed by atoms with Gasteiger partial charge in [0.1, 0.15) is 0 Å². The topological polar surface area (TPSA) is 21.3 Å². The van der Waals surface area contributed by atoms with Crippen molar-refractivity contribution < 1.29 is 4.74 Å². The molecular weight excluding hydrogens is 198 g/mol. The van der Waals surface area contributed by atoms with Gasteiger partial charge in [0.2, 0.25) is 0 Å². The van der Waals surface area contributed by atoms with E-state index in [0.29, 0.717) is 12.2 Å². The van der Waals surface area contributed by atoms with Gasteiger partial charge in [0.15, 0.2) is 0 Å². The van der Waals surface area contributed by atoms with Gasteiger partial charge in [-0.3, -0.25) is 0 Å². The zero-order valence-electron chi connectivity index (χ0n) is 11.3. The van der Waals surface area contributed by atoms with E-state index in [-0.39, 0.29) is 0 Å². The summed E-state index contributed by atoms with van der Waals surface area (Å²) in [6.45, 7) is 9.00. The summed E-state index contributed by atoms with van der Waals surface area (Å²) >= 11 is 0. The van der Waals surface area contributed by atoms with Gasteiger partial charge in [-0.05, 0) is 51.6 Å². The predicted molar refractivity (Wildman–Crippen MR) is 69.7 cm³/mol. The summed E-state index contributed by atoms with van der Waals surface area (Å²) < 4.78 is 6.10. The molecule has 3 unspecified atom stereocenters. The van der Waals surface area contributed by atoms with Crippen LogP contribution in [0.1, 0.15) is 59.3 Å². The maximum Gasteiger partial charge on any atom is 0.0581 e. The summed E-state index contributed by atoms with van der Waals surface area (Å²) in [6, 6.07) is 0. The Morgan fingerprint density at radius 1 is 1.31 bits per heavy atom. The molecule has 0 bridgehead atoms. The van der Waals surface area contributed by atoms with Crippen LogP contribution in [0.5, 0.6) is 0 Å². The fraction of sp³-hybridized carbons (Fsp3) is 1.00. The van der Waals surface area contributed by atoms with Crippen LogP contribution < -0.4 is 5.32 Å². The molecule has 2 heteroatoms. The summed E-state index contributed by atoms with van der Waals surface area (Å²) in [6.07, 6.45) is 8.60.